The average Bonchev–Trinajstić information content (AvgIpc) is 2.29. The normalized spacial score (nSPS) is 24.5. The Morgan fingerprint density at radius 2 is 2.35 bits per heavy atom. The molecule has 1 aliphatic rings. The van der Waals surface area contributed by atoms with Gasteiger partial charge in [-0.25, -0.2) is 4.98 Å². The van der Waals surface area contributed by atoms with Crippen LogP contribution in [0.2, 0.25) is 0 Å². The predicted molar refractivity (Wildman–Crippen MR) is 72.5 cm³/mol. The van der Waals surface area contributed by atoms with Gasteiger partial charge in [0.05, 0.1) is 5.03 Å². The third-order valence-electron chi connectivity index (χ3n) is 3.22. The molecule has 0 spiro atoms. The van der Waals surface area contributed by atoms with E-state index in [0.29, 0.717) is 5.25 Å². The maximum Gasteiger partial charge on any atom is 0.122 e. The fourth-order valence-corrected chi connectivity index (χ4v) is 3.67. The smallest absolute Gasteiger partial charge is 0.122 e. The van der Waals surface area contributed by atoms with Crippen molar-refractivity contribution in [2.45, 2.75) is 42.9 Å². The van der Waals surface area contributed by atoms with Gasteiger partial charge in [0.15, 0.2) is 0 Å². The fraction of sp³-hybridized carbons (Fsp3) is 0.538. The van der Waals surface area contributed by atoms with Crippen LogP contribution in [0.3, 0.4) is 0 Å². The lowest BCUT2D eigenvalue weighted by Gasteiger charge is -2.25. The Balaban J connectivity index is 2.02. The second kappa shape index (κ2) is 5.54. The first kappa shape index (κ1) is 12.4. The zero-order chi connectivity index (χ0) is 12.3. The molecule has 1 heterocycles. The Kier molecular flexibility index (Phi) is 4.05. The van der Waals surface area contributed by atoms with Crippen molar-refractivity contribution in [3.8, 4) is 0 Å². The monoisotopic (exact) mass is 249 g/mol. The average molecular weight is 249 g/mol. The summed E-state index contributed by atoms with van der Waals surface area (Å²) in [5, 5.41) is 9.10. The minimum Gasteiger partial charge on any atom is -0.384 e. The number of aromatic nitrogens is 1. The van der Waals surface area contributed by atoms with E-state index in [1.165, 1.54) is 25.7 Å². The molecule has 1 fully saturated rings. The van der Waals surface area contributed by atoms with Crippen LogP contribution < -0.4 is 5.73 Å². The first-order valence-corrected chi connectivity index (χ1v) is 7.00. The molecule has 4 heteroatoms. The van der Waals surface area contributed by atoms with E-state index >= 15 is 0 Å². The summed E-state index contributed by atoms with van der Waals surface area (Å²) >= 11 is 1.84. The van der Waals surface area contributed by atoms with E-state index in [-0.39, 0.29) is 5.84 Å². The lowest BCUT2D eigenvalue weighted by molar-refractivity contribution is 0.394. The van der Waals surface area contributed by atoms with Crippen molar-refractivity contribution < 1.29 is 0 Å². The van der Waals surface area contributed by atoms with Crippen LogP contribution in [0.1, 0.15) is 38.2 Å². The van der Waals surface area contributed by atoms with E-state index < -0.39 is 0 Å². The molecule has 3 nitrogen and oxygen atoms in total. The van der Waals surface area contributed by atoms with Gasteiger partial charge in [0.2, 0.25) is 0 Å². The van der Waals surface area contributed by atoms with E-state index in [4.69, 9.17) is 11.1 Å². The van der Waals surface area contributed by atoms with Gasteiger partial charge in [-0.1, -0.05) is 19.8 Å². The lowest BCUT2D eigenvalue weighted by Crippen LogP contribution is -2.15. The molecular weight excluding hydrogens is 230 g/mol. The van der Waals surface area contributed by atoms with Gasteiger partial charge in [0.25, 0.3) is 0 Å². The Morgan fingerprint density at radius 3 is 3.06 bits per heavy atom. The van der Waals surface area contributed by atoms with Crippen LogP contribution in [0.25, 0.3) is 0 Å². The van der Waals surface area contributed by atoms with Gasteiger partial charge in [-0.05, 0) is 30.9 Å². The highest BCUT2D eigenvalue weighted by molar-refractivity contribution is 7.99. The molecule has 2 rings (SSSR count). The van der Waals surface area contributed by atoms with E-state index in [2.05, 4.69) is 11.9 Å². The van der Waals surface area contributed by atoms with Crippen LogP contribution in [0.5, 0.6) is 0 Å². The van der Waals surface area contributed by atoms with Crippen molar-refractivity contribution >= 4 is 17.6 Å². The van der Waals surface area contributed by atoms with Crippen molar-refractivity contribution in [3.05, 3.63) is 23.9 Å². The number of nitrogen functional groups attached to an aromatic ring is 1. The summed E-state index contributed by atoms with van der Waals surface area (Å²) in [6.45, 7) is 2.33. The van der Waals surface area contributed by atoms with E-state index in [1.807, 2.05) is 17.8 Å². The number of hydrogen-bond acceptors (Lipinski definition) is 3. The molecular formula is C13H19N3S. The number of thioether (sulfide) groups is 1. The first-order valence-electron chi connectivity index (χ1n) is 6.12. The van der Waals surface area contributed by atoms with Gasteiger partial charge < -0.3 is 5.73 Å². The van der Waals surface area contributed by atoms with Crippen LogP contribution in [0.4, 0.5) is 0 Å². The molecule has 1 saturated carbocycles. The Morgan fingerprint density at radius 1 is 1.53 bits per heavy atom. The number of nitrogens with two attached hydrogens (primary N) is 1. The number of pyridine rings is 1. The van der Waals surface area contributed by atoms with E-state index in [0.717, 1.165) is 16.5 Å². The van der Waals surface area contributed by atoms with Crippen molar-refractivity contribution in [1.82, 2.24) is 4.98 Å². The Bertz CT molecular complexity index is 405. The number of amidine groups is 1. The SMILES string of the molecule is CC1CCCC(Sc2cc(C(=N)N)ccn2)C1. The second-order valence-corrected chi connectivity index (χ2v) is 6.13. The Labute approximate surface area is 107 Å². The number of nitrogens with zero attached hydrogens (tertiary/aromatic N) is 1. The molecule has 0 aromatic carbocycles. The highest BCUT2D eigenvalue weighted by Gasteiger charge is 2.20. The standard InChI is InChI=1S/C13H19N3S/c1-9-3-2-4-11(7-9)17-12-8-10(13(14)15)5-6-16-12/h5-6,8-9,11H,2-4,7H2,1H3,(H3,14,15). The summed E-state index contributed by atoms with van der Waals surface area (Å²) < 4.78 is 0. The summed E-state index contributed by atoms with van der Waals surface area (Å²) in [5.41, 5.74) is 6.25. The Hall–Kier alpha value is -1.03. The topological polar surface area (TPSA) is 62.8 Å². The van der Waals surface area contributed by atoms with Crippen molar-refractivity contribution in [1.29, 1.82) is 5.41 Å². The molecule has 17 heavy (non-hydrogen) atoms. The van der Waals surface area contributed by atoms with Crippen molar-refractivity contribution in [3.63, 3.8) is 0 Å². The number of rotatable bonds is 3. The third kappa shape index (κ3) is 3.46. The molecule has 0 saturated heterocycles. The molecule has 1 aromatic heterocycles. The highest BCUT2D eigenvalue weighted by atomic mass is 32.2. The van der Waals surface area contributed by atoms with Gasteiger partial charge in [-0.15, -0.1) is 11.8 Å². The van der Waals surface area contributed by atoms with Crippen molar-refractivity contribution in [2.75, 3.05) is 0 Å². The largest absolute Gasteiger partial charge is 0.384 e. The minimum absolute atomic E-state index is 0.117. The second-order valence-electron chi connectivity index (χ2n) is 4.81. The summed E-state index contributed by atoms with van der Waals surface area (Å²) in [6.07, 6.45) is 6.98. The van der Waals surface area contributed by atoms with E-state index in [9.17, 15) is 0 Å². The van der Waals surface area contributed by atoms with Crippen LogP contribution in [0, 0.1) is 11.3 Å². The summed E-state index contributed by atoms with van der Waals surface area (Å²) in [7, 11) is 0. The van der Waals surface area contributed by atoms with Crippen molar-refractivity contribution in [2.24, 2.45) is 11.7 Å². The van der Waals surface area contributed by atoms with Crippen LogP contribution >= 0.6 is 11.8 Å². The molecule has 2 unspecified atom stereocenters. The minimum atomic E-state index is 0.117. The van der Waals surface area contributed by atoms with Gasteiger partial charge >= 0.3 is 0 Å². The molecule has 1 aliphatic carbocycles. The summed E-state index contributed by atoms with van der Waals surface area (Å²) in [4.78, 5) is 4.35. The fourth-order valence-electron chi connectivity index (χ4n) is 2.30. The first-order chi connectivity index (χ1) is 8.15. The lowest BCUT2D eigenvalue weighted by atomic mass is 9.91. The van der Waals surface area contributed by atoms with Gasteiger partial charge in [0.1, 0.15) is 5.84 Å². The molecule has 0 bridgehead atoms. The molecule has 0 aliphatic heterocycles. The molecule has 1 aromatic rings. The maximum atomic E-state index is 7.42. The highest BCUT2D eigenvalue weighted by Crippen LogP contribution is 2.35. The van der Waals surface area contributed by atoms with Gasteiger partial charge in [-0.2, -0.15) is 0 Å². The molecule has 0 radical (unpaired) electrons. The van der Waals surface area contributed by atoms with E-state index in [1.54, 1.807) is 12.3 Å². The maximum absolute atomic E-state index is 7.42. The number of nitrogens with one attached hydrogen (secondary N) is 1. The third-order valence-corrected chi connectivity index (χ3v) is 4.45. The quantitative estimate of drug-likeness (QED) is 0.639. The molecule has 2 atom stereocenters. The van der Waals surface area contributed by atoms with Crippen LogP contribution in [-0.2, 0) is 0 Å². The number of hydrogen-bond donors (Lipinski definition) is 2. The summed E-state index contributed by atoms with van der Waals surface area (Å²) in [6, 6.07) is 3.71. The zero-order valence-electron chi connectivity index (χ0n) is 10.1. The summed E-state index contributed by atoms with van der Waals surface area (Å²) in [5.74, 6) is 0.948. The van der Waals surface area contributed by atoms with Crippen LogP contribution in [-0.4, -0.2) is 16.1 Å². The predicted octanol–water partition coefficient (Wildman–Crippen LogP) is 3.04. The molecule has 0 amide bonds. The van der Waals surface area contributed by atoms with Gasteiger partial charge in [-0.3, -0.25) is 5.41 Å². The van der Waals surface area contributed by atoms with Gasteiger partial charge in [0, 0.05) is 17.0 Å². The zero-order valence-corrected chi connectivity index (χ0v) is 11.0. The molecule has 3 N–H and O–H groups in total. The van der Waals surface area contributed by atoms with Crippen LogP contribution in [0.15, 0.2) is 23.4 Å². The molecule has 92 valence electrons.